The maximum absolute atomic E-state index is 4.22. The van der Waals surface area contributed by atoms with E-state index in [-0.39, 0.29) is 0 Å². The van der Waals surface area contributed by atoms with Gasteiger partial charge in [-0.2, -0.15) is 10.2 Å². The Balaban J connectivity index is 2.08. The van der Waals surface area contributed by atoms with Crippen molar-refractivity contribution in [3.05, 3.63) is 48.5 Å². The predicted octanol–water partition coefficient (Wildman–Crippen LogP) is 4.21. The Kier molecular flexibility index (Phi) is 4.13. The zero-order valence-electron chi connectivity index (χ0n) is 11.5. The van der Waals surface area contributed by atoms with Crippen molar-refractivity contribution >= 4 is 22.7 Å². The van der Waals surface area contributed by atoms with Gasteiger partial charge < -0.3 is 10.2 Å². The zero-order valence-corrected chi connectivity index (χ0v) is 11.5. The monoisotopic (exact) mass is 253 g/mol. The molecule has 1 N–H and O–H groups in total. The summed E-state index contributed by atoms with van der Waals surface area (Å²) in [6.07, 6.45) is 0. The van der Waals surface area contributed by atoms with E-state index < -0.39 is 0 Å². The molecule has 19 heavy (non-hydrogen) atoms. The van der Waals surface area contributed by atoms with Crippen LogP contribution in [0.25, 0.3) is 0 Å². The summed E-state index contributed by atoms with van der Waals surface area (Å²) < 4.78 is 0. The normalized spacial score (nSPS) is 10.7. The van der Waals surface area contributed by atoms with Gasteiger partial charge in [0.25, 0.3) is 0 Å². The average Bonchev–Trinajstić information content (AvgIpc) is 2.46. The molecule has 4 heteroatoms. The minimum atomic E-state index is 0.843. The van der Waals surface area contributed by atoms with Crippen LogP contribution in [0.4, 0.5) is 22.7 Å². The van der Waals surface area contributed by atoms with E-state index in [4.69, 9.17) is 0 Å². The van der Waals surface area contributed by atoms with Gasteiger partial charge in [-0.3, -0.25) is 0 Å². The second-order valence-electron chi connectivity index (χ2n) is 4.41. The summed E-state index contributed by atoms with van der Waals surface area (Å²) in [7, 11) is 5.92. The van der Waals surface area contributed by atoms with Gasteiger partial charge in [0.15, 0.2) is 0 Å². The highest BCUT2D eigenvalue weighted by Crippen LogP contribution is 2.22. The SMILES string of the molecule is CN(C)c1ccc(N=Nc2ccc(N[11CH3])cc2)cc1. The largest absolute Gasteiger partial charge is 0.388 e. The van der Waals surface area contributed by atoms with E-state index in [1.807, 2.05) is 69.7 Å². The molecule has 0 radical (unpaired) electrons. The van der Waals surface area contributed by atoms with Gasteiger partial charge in [-0.1, -0.05) is 0 Å². The molecular weight excluding hydrogens is 235 g/mol. The Morgan fingerprint density at radius 1 is 0.789 bits per heavy atom. The second kappa shape index (κ2) is 6.00. The highest BCUT2D eigenvalue weighted by atomic mass is 15.1. The number of hydrogen-bond donors (Lipinski definition) is 1. The van der Waals surface area contributed by atoms with Crippen LogP contribution in [0.5, 0.6) is 0 Å². The van der Waals surface area contributed by atoms with Crippen molar-refractivity contribution in [3.63, 3.8) is 0 Å². The first kappa shape index (κ1) is 13.1. The standard InChI is InChI=1S/C15H18N4/c1-16-12-4-6-13(7-5-12)17-18-14-8-10-15(11-9-14)19(2)3/h4-11,16H,1-3H3/i1-1. The van der Waals surface area contributed by atoms with E-state index in [2.05, 4.69) is 20.4 Å². The Bertz CT molecular complexity index is 541. The van der Waals surface area contributed by atoms with Crippen LogP contribution in [-0.2, 0) is 0 Å². The molecule has 0 amide bonds. The summed E-state index contributed by atoms with van der Waals surface area (Å²) >= 11 is 0. The molecule has 0 aromatic heterocycles. The third-order valence-electron chi connectivity index (χ3n) is 2.80. The van der Waals surface area contributed by atoms with E-state index in [0.29, 0.717) is 0 Å². The summed E-state index contributed by atoms with van der Waals surface area (Å²) in [5.41, 5.74) is 3.91. The Morgan fingerprint density at radius 2 is 1.26 bits per heavy atom. The fourth-order valence-electron chi connectivity index (χ4n) is 1.63. The van der Waals surface area contributed by atoms with Gasteiger partial charge in [0, 0.05) is 32.5 Å². The van der Waals surface area contributed by atoms with Crippen LogP contribution >= 0.6 is 0 Å². The Labute approximate surface area is 113 Å². The number of nitrogens with zero attached hydrogens (tertiary/aromatic N) is 3. The average molecular weight is 253 g/mol. The Hall–Kier alpha value is -2.36. The lowest BCUT2D eigenvalue weighted by atomic mass is 10.2. The number of hydrogen-bond acceptors (Lipinski definition) is 4. The lowest BCUT2D eigenvalue weighted by Gasteiger charge is -2.11. The Morgan fingerprint density at radius 3 is 1.68 bits per heavy atom. The van der Waals surface area contributed by atoms with Gasteiger partial charge in [0.05, 0.1) is 11.4 Å². The molecule has 2 rings (SSSR count). The molecule has 98 valence electrons. The minimum absolute atomic E-state index is 0.843. The van der Waals surface area contributed by atoms with E-state index in [9.17, 15) is 0 Å². The quantitative estimate of drug-likeness (QED) is 0.829. The molecule has 2 aromatic rings. The molecule has 2 aromatic carbocycles. The number of rotatable bonds is 4. The topological polar surface area (TPSA) is 40.0 Å². The van der Waals surface area contributed by atoms with Gasteiger partial charge in [-0.05, 0) is 48.5 Å². The van der Waals surface area contributed by atoms with Crippen LogP contribution < -0.4 is 10.2 Å². The minimum Gasteiger partial charge on any atom is -0.388 e. The van der Waals surface area contributed by atoms with Gasteiger partial charge in [-0.15, -0.1) is 0 Å². The second-order valence-corrected chi connectivity index (χ2v) is 4.41. The maximum atomic E-state index is 4.22. The highest BCUT2D eigenvalue weighted by molar-refractivity contribution is 5.53. The van der Waals surface area contributed by atoms with E-state index in [1.165, 1.54) is 0 Å². The van der Waals surface area contributed by atoms with E-state index >= 15 is 0 Å². The first-order chi connectivity index (χ1) is 9.19. The molecule has 0 atom stereocenters. The molecule has 0 saturated heterocycles. The van der Waals surface area contributed by atoms with Crippen molar-refractivity contribution in [2.75, 3.05) is 31.4 Å². The van der Waals surface area contributed by atoms with Gasteiger partial charge in [-0.25, -0.2) is 0 Å². The molecular formula is C15H18N4. The summed E-state index contributed by atoms with van der Waals surface area (Å²) in [6, 6.07) is 15.8. The van der Waals surface area contributed by atoms with Crippen LogP contribution in [0.15, 0.2) is 58.8 Å². The van der Waals surface area contributed by atoms with Crippen molar-refractivity contribution in [2.45, 2.75) is 0 Å². The molecule has 0 aliphatic carbocycles. The molecule has 0 fully saturated rings. The van der Waals surface area contributed by atoms with Crippen LogP contribution in [0.1, 0.15) is 0 Å². The summed E-state index contributed by atoms with van der Waals surface area (Å²) in [5.74, 6) is 0. The molecule has 0 bridgehead atoms. The van der Waals surface area contributed by atoms with E-state index in [0.717, 1.165) is 22.7 Å². The fraction of sp³-hybridized carbons (Fsp3) is 0.200. The lowest BCUT2D eigenvalue weighted by molar-refractivity contribution is 1.13. The predicted molar refractivity (Wildman–Crippen MR) is 80.9 cm³/mol. The molecule has 0 aliphatic heterocycles. The summed E-state index contributed by atoms with van der Waals surface area (Å²) in [6.45, 7) is 0. The van der Waals surface area contributed by atoms with Gasteiger partial charge >= 0.3 is 0 Å². The van der Waals surface area contributed by atoms with Crippen LogP contribution in [0.2, 0.25) is 0 Å². The van der Waals surface area contributed by atoms with Crippen LogP contribution in [0.3, 0.4) is 0 Å². The molecule has 0 spiro atoms. The summed E-state index contributed by atoms with van der Waals surface area (Å²) in [4.78, 5) is 2.05. The lowest BCUT2D eigenvalue weighted by Crippen LogP contribution is -2.07. The van der Waals surface area contributed by atoms with Crippen molar-refractivity contribution in [1.29, 1.82) is 0 Å². The third-order valence-corrected chi connectivity index (χ3v) is 2.80. The molecule has 0 unspecified atom stereocenters. The van der Waals surface area contributed by atoms with Crippen molar-refractivity contribution in [2.24, 2.45) is 10.2 Å². The zero-order chi connectivity index (χ0) is 13.7. The van der Waals surface area contributed by atoms with Crippen LogP contribution in [0, 0.1) is 0 Å². The molecule has 0 saturated carbocycles. The molecule has 4 nitrogen and oxygen atoms in total. The number of benzene rings is 2. The third kappa shape index (κ3) is 3.55. The number of azo groups is 1. The fourth-order valence-corrected chi connectivity index (χ4v) is 1.63. The van der Waals surface area contributed by atoms with Crippen LogP contribution in [-0.4, -0.2) is 21.1 Å². The number of anilines is 2. The van der Waals surface area contributed by atoms with Crippen molar-refractivity contribution in [3.8, 4) is 0 Å². The van der Waals surface area contributed by atoms with Crippen molar-refractivity contribution < 1.29 is 0 Å². The maximum Gasteiger partial charge on any atom is 0.0858 e. The first-order valence-corrected chi connectivity index (χ1v) is 6.16. The highest BCUT2D eigenvalue weighted by Gasteiger charge is 1.95. The van der Waals surface area contributed by atoms with E-state index in [1.54, 1.807) is 0 Å². The summed E-state index contributed by atoms with van der Waals surface area (Å²) in [5, 5.41) is 11.5. The number of nitrogens with one attached hydrogen (secondary N) is 1. The first-order valence-electron chi connectivity index (χ1n) is 6.16. The van der Waals surface area contributed by atoms with Crippen molar-refractivity contribution in [1.82, 2.24) is 0 Å². The van der Waals surface area contributed by atoms with Gasteiger partial charge in [0.1, 0.15) is 0 Å². The molecule has 0 heterocycles. The molecule has 0 aliphatic rings. The smallest absolute Gasteiger partial charge is 0.0858 e. The van der Waals surface area contributed by atoms with Gasteiger partial charge in [0.2, 0.25) is 0 Å².